The van der Waals surface area contributed by atoms with Crippen molar-refractivity contribution in [3.8, 4) is 11.5 Å². The largest absolute Gasteiger partial charge is 0.486 e. The number of nitrogens with zero attached hydrogens (tertiary/aromatic N) is 2. The van der Waals surface area contributed by atoms with Gasteiger partial charge in [-0.25, -0.2) is 8.42 Å². The number of carbonyl (C=O) groups is 2. The van der Waals surface area contributed by atoms with E-state index in [1.165, 1.54) is 16.4 Å². The number of anilines is 2. The molecular weight excluding hydrogens is 446 g/mol. The maximum Gasteiger partial charge on any atom is 0.243 e. The van der Waals surface area contributed by atoms with Gasteiger partial charge in [0.2, 0.25) is 21.8 Å². The third-order valence-electron chi connectivity index (χ3n) is 6.16. The van der Waals surface area contributed by atoms with Crippen molar-refractivity contribution in [3.63, 3.8) is 0 Å². The molecule has 3 aliphatic rings. The molecule has 2 amide bonds. The minimum atomic E-state index is -3.50. The molecule has 0 spiro atoms. The molecule has 0 unspecified atom stereocenters. The van der Waals surface area contributed by atoms with Gasteiger partial charge in [0.1, 0.15) is 13.2 Å². The van der Waals surface area contributed by atoms with E-state index in [1.807, 2.05) is 0 Å². The number of sulfonamides is 1. The Bertz CT molecular complexity index is 1180. The molecule has 174 valence electrons. The van der Waals surface area contributed by atoms with Crippen LogP contribution in [0.3, 0.4) is 0 Å². The lowest BCUT2D eigenvalue weighted by Crippen LogP contribution is -2.28. The van der Waals surface area contributed by atoms with Gasteiger partial charge in [0.15, 0.2) is 11.5 Å². The number of amides is 2. The molecule has 0 saturated carbocycles. The second kappa shape index (κ2) is 8.68. The highest BCUT2D eigenvalue weighted by Crippen LogP contribution is 2.36. The third kappa shape index (κ3) is 4.28. The predicted octanol–water partition coefficient (Wildman–Crippen LogP) is 2.23. The zero-order chi connectivity index (χ0) is 23.0. The first-order valence-corrected chi connectivity index (χ1v) is 12.5. The zero-order valence-corrected chi connectivity index (χ0v) is 18.8. The Kier molecular flexibility index (Phi) is 5.71. The smallest absolute Gasteiger partial charge is 0.243 e. The quantitative estimate of drug-likeness (QED) is 0.717. The van der Waals surface area contributed by atoms with Crippen LogP contribution >= 0.6 is 0 Å². The van der Waals surface area contributed by atoms with Crippen LogP contribution in [0.4, 0.5) is 11.4 Å². The number of nitrogens with one attached hydrogen (secondary N) is 1. The van der Waals surface area contributed by atoms with Crippen molar-refractivity contribution in [1.82, 2.24) is 4.31 Å². The van der Waals surface area contributed by atoms with Crippen LogP contribution in [-0.2, 0) is 19.6 Å². The summed E-state index contributed by atoms with van der Waals surface area (Å²) in [7, 11) is -3.50. The van der Waals surface area contributed by atoms with Crippen molar-refractivity contribution in [1.29, 1.82) is 0 Å². The second-order valence-corrected chi connectivity index (χ2v) is 10.3. The molecule has 0 bridgehead atoms. The highest BCUT2D eigenvalue weighted by Gasteiger charge is 2.36. The van der Waals surface area contributed by atoms with Crippen LogP contribution in [0.15, 0.2) is 47.4 Å². The van der Waals surface area contributed by atoms with Crippen LogP contribution in [0.2, 0.25) is 0 Å². The Hall–Kier alpha value is -3.11. The summed E-state index contributed by atoms with van der Waals surface area (Å²) >= 11 is 0. The maximum atomic E-state index is 12.8. The van der Waals surface area contributed by atoms with Crippen LogP contribution in [0, 0.1) is 5.92 Å². The number of benzene rings is 2. The minimum absolute atomic E-state index is 0.0989. The Morgan fingerprint density at radius 1 is 0.970 bits per heavy atom. The maximum absolute atomic E-state index is 12.8. The van der Waals surface area contributed by atoms with E-state index in [4.69, 9.17) is 9.47 Å². The number of hydrogen-bond donors (Lipinski definition) is 1. The summed E-state index contributed by atoms with van der Waals surface area (Å²) in [6, 6.07) is 11.5. The van der Waals surface area contributed by atoms with E-state index in [2.05, 4.69) is 5.32 Å². The topological polar surface area (TPSA) is 105 Å². The summed E-state index contributed by atoms with van der Waals surface area (Å²) in [6.07, 6.45) is 1.84. The van der Waals surface area contributed by atoms with Gasteiger partial charge in [-0.3, -0.25) is 9.59 Å². The molecule has 1 atom stereocenters. The van der Waals surface area contributed by atoms with E-state index < -0.39 is 15.9 Å². The Labute approximate surface area is 192 Å². The molecule has 2 fully saturated rings. The summed E-state index contributed by atoms with van der Waals surface area (Å²) in [5, 5.41) is 2.80. The molecule has 10 heteroatoms. The van der Waals surface area contributed by atoms with Gasteiger partial charge in [0.05, 0.1) is 10.8 Å². The summed E-state index contributed by atoms with van der Waals surface area (Å²) in [6.45, 7) is 2.27. The van der Waals surface area contributed by atoms with Gasteiger partial charge in [-0.1, -0.05) is 0 Å². The molecule has 2 aromatic rings. The molecule has 33 heavy (non-hydrogen) atoms. The molecule has 3 aliphatic heterocycles. The summed E-state index contributed by atoms with van der Waals surface area (Å²) in [5.74, 6) is 0.292. The molecule has 0 aliphatic carbocycles. The van der Waals surface area contributed by atoms with E-state index in [9.17, 15) is 18.0 Å². The number of fused-ring (bicyclic) bond motifs is 1. The van der Waals surface area contributed by atoms with Crippen molar-refractivity contribution in [2.75, 3.05) is 43.1 Å². The predicted molar refractivity (Wildman–Crippen MR) is 121 cm³/mol. The molecule has 3 heterocycles. The van der Waals surface area contributed by atoms with Crippen LogP contribution in [-0.4, -0.2) is 57.4 Å². The lowest BCUT2D eigenvalue weighted by Gasteiger charge is -2.22. The Morgan fingerprint density at radius 2 is 1.67 bits per heavy atom. The second-order valence-electron chi connectivity index (χ2n) is 8.36. The Balaban J connectivity index is 1.24. The van der Waals surface area contributed by atoms with Gasteiger partial charge in [0.25, 0.3) is 0 Å². The van der Waals surface area contributed by atoms with E-state index >= 15 is 0 Å². The first kappa shape index (κ1) is 21.7. The van der Waals surface area contributed by atoms with Gasteiger partial charge < -0.3 is 19.7 Å². The van der Waals surface area contributed by atoms with Crippen molar-refractivity contribution in [2.45, 2.75) is 24.2 Å². The highest BCUT2D eigenvalue weighted by atomic mass is 32.2. The van der Waals surface area contributed by atoms with Crippen LogP contribution < -0.4 is 19.7 Å². The summed E-state index contributed by atoms with van der Waals surface area (Å²) in [5.41, 5.74) is 1.15. The number of rotatable bonds is 5. The Morgan fingerprint density at radius 3 is 2.39 bits per heavy atom. The fraction of sp³-hybridized carbons (Fsp3) is 0.391. The first-order valence-electron chi connectivity index (χ1n) is 11.0. The van der Waals surface area contributed by atoms with Gasteiger partial charge in [-0.05, 0) is 49.2 Å². The fourth-order valence-electron chi connectivity index (χ4n) is 4.36. The van der Waals surface area contributed by atoms with Crippen LogP contribution in [0.25, 0.3) is 0 Å². The molecule has 5 rings (SSSR count). The molecule has 1 N–H and O–H groups in total. The van der Waals surface area contributed by atoms with Crippen molar-refractivity contribution in [2.24, 2.45) is 5.92 Å². The number of hydrogen-bond acceptors (Lipinski definition) is 6. The van der Waals surface area contributed by atoms with Crippen molar-refractivity contribution >= 4 is 33.2 Å². The van der Waals surface area contributed by atoms with E-state index in [-0.39, 0.29) is 29.7 Å². The molecule has 0 aromatic heterocycles. The highest BCUT2D eigenvalue weighted by molar-refractivity contribution is 7.89. The normalized spacial score (nSPS) is 20.8. The van der Waals surface area contributed by atoms with Crippen LogP contribution in [0.1, 0.15) is 19.3 Å². The van der Waals surface area contributed by atoms with Crippen molar-refractivity contribution in [3.05, 3.63) is 42.5 Å². The van der Waals surface area contributed by atoms with Gasteiger partial charge in [-0.2, -0.15) is 4.31 Å². The lowest BCUT2D eigenvalue weighted by molar-refractivity contribution is -0.122. The van der Waals surface area contributed by atoms with Gasteiger partial charge in [-0.15, -0.1) is 0 Å². The number of carbonyl (C=O) groups excluding carboxylic acids is 2. The van der Waals surface area contributed by atoms with Crippen LogP contribution in [0.5, 0.6) is 11.5 Å². The first-order chi connectivity index (χ1) is 15.9. The van der Waals surface area contributed by atoms with E-state index in [1.54, 1.807) is 35.2 Å². The standard InChI is InChI=1S/C23H25N3O6S/c27-22-13-16(15-26(22)18-5-8-20-21(14-18)32-12-11-31-20)23(28)24-17-3-6-19(7-4-17)33(29,30)25-9-1-2-10-25/h3-8,14,16H,1-2,9-13,15H2,(H,24,28)/t16-/m1/s1. The molecule has 2 saturated heterocycles. The van der Waals surface area contributed by atoms with E-state index in [0.29, 0.717) is 49.2 Å². The summed E-state index contributed by atoms with van der Waals surface area (Å²) < 4.78 is 37.9. The average Bonchev–Trinajstić information content (AvgIpc) is 3.50. The lowest BCUT2D eigenvalue weighted by atomic mass is 10.1. The monoisotopic (exact) mass is 471 g/mol. The molecule has 2 aromatic carbocycles. The van der Waals surface area contributed by atoms with Gasteiger partial charge in [0, 0.05) is 43.5 Å². The van der Waals surface area contributed by atoms with Gasteiger partial charge >= 0.3 is 0 Å². The zero-order valence-electron chi connectivity index (χ0n) is 18.0. The van der Waals surface area contributed by atoms with Crippen molar-refractivity contribution < 1.29 is 27.5 Å². The molecular formula is C23H25N3O6S. The molecule has 9 nitrogen and oxygen atoms in total. The summed E-state index contributed by atoms with van der Waals surface area (Å²) in [4.78, 5) is 27.2. The average molecular weight is 472 g/mol. The fourth-order valence-corrected chi connectivity index (χ4v) is 5.88. The molecule has 0 radical (unpaired) electrons. The third-order valence-corrected chi connectivity index (χ3v) is 8.07. The number of ether oxygens (including phenoxy) is 2. The SMILES string of the molecule is O=C(Nc1ccc(S(=O)(=O)N2CCCC2)cc1)[C@@H]1CC(=O)N(c2ccc3c(c2)OCCO3)C1. The van der Waals surface area contributed by atoms with E-state index in [0.717, 1.165) is 12.8 Å². The minimum Gasteiger partial charge on any atom is -0.486 e.